The molecular weight excluding hydrogens is 248 g/mol. The summed E-state index contributed by atoms with van der Waals surface area (Å²) in [5.41, 5.74) is 0. The smallest absolute Gasteiger partial charge is 0.130 e. The van der Waals surface area contributed by atoms with Crippen molar-refractivity contribution in [2.75, 3.05) is 13.2 Å². The Kier molecular flexibility index (Phi) is 9.81. The van der Waals surface area contributed by atoms with Crippen molar-refractivity contribution in [3.8, 4) is 11.5 Å². The Bertz CT molecular complexity index is 307. The van der Waals surface area contributed by atoms with Gasteiger partial charge in [-0.25, -0.2) is 0 Å². The van der Waals surface area contributed by atoms with Gasteiger partial charge in [-0.05, 0) is 25.0 Å². The highest BCUT2D eigenvalue weighted by atomic mass is 16.5. The third-order valence-corrected chi connectivity index (χ3v) is 3.27. The van der Waals surface area contributed by atoms with Gasteiger partial charge in [0.2, 0.25) is 0 Å². The van der Waals surface area contributed by atoms with Crippen LogP contribution in [-0.4, -0.2) is 13.2 Å². The molecule has 113 valence electrons. The summed E-state index contributed by atoms with van der Waals surface area (Å²) in [6, 6.07) is 8.88. The van der Waals surface area contributed by atoms with Crippen LogP contribution in [0.5, 0.6) is 11.5 Å². The van der Waals surface area contributed by atoms with Crippen LogP contribution < -0.4 is 9.47 Å². The lowest BCUT2D eigenvalue weighted by Gasteiger charge is -2.09. The molecule has 0 aromatic heterocycles. The molecule has 0 fully saturated rings. The molecule has 1 rings (SSSR count). The molecule has 0 saturated carbocycles. The maximum atomic E-state index is 5.74. The lowest BCUT2D eigenvalue weighted by molar-refractivity contribution is 0.290. The molecular formula is C18H29O2. The maximum absolute atomic E-state index is 5.74. The van der Waals surface area contributed by atoms with Crippen LogP contribution in [0.4, 0.5) is 0 Å². The van der Waals surface area contributed by atoms with Gasteiger partial charge in [0.05, 0.1) is 13.2 Å². The first-order chi connectivity index (χ1) is 9.86. The monoisotopic (exact) mass is 277 g/mol. The van der Waals surface area contributed by atoms with Gasteiger partial charge < -0.3 is 9.47 Å². The minimum atomic E-state index is 0.774. The van der Waals surface area contributed by atoms with Crippen LogP contribution >= 0.6 is 0 Å². The fraction of sp³-hybridized carbons (Fsp3) is 0.667. The van der Waals surface area contributed by atoms with Crippen molar-refractivity contribution in [3.05, 3.63) is 24.3 Å². The summed E-state index contributed by atoms with van der Waals surface area (Å²) >= 11 is 0. The van der Waals surface area contributed by atoms with Crippen LogP contribution in [0.2, 0.25) is 0 Å². The highest BCUT2D eigenvalue weighted by molar-refractivity contribution is 5.31. The van der Waals surface area contributed by atoms with Crippen molar-refractivity contribution in [1.82, 2.24) is 0 Å². The van der Waals surface area contributed by atoms with Crippen molar-refractivity contribution in [1.29, 1.82) is 0 Å². The van der Waals surface area contributed by atoms with Crippen LogP contribution in [0, 0.1) is 6.07 Å². The molecule has 0 spiro atoms. The van der Waals surface area contributed by atoms with Gasteiger partial charge in [0.25, 0.3) is 0 Å². The number of ether oxygens (including phenoxy) is 2. The molecule has 1 aromatic carbocycles. The number of benzene rings is 1. The Morgan fingerprint density at radius 2 is 1.50 bits per heavy atom. The summed E-state index contributed by atoms with van der Waals surface area (Å²) in [5.74, 6) is 1.69. The third-order valence-electron chi connectivity index (χ3n) is 3.27. The van der Waals surface area contributed by atoms with Crippen molar-refractivity contribution in [2.24, 2.45) is 0 Å². The third kappa shape index (κ3) is 8.08. The van der Waals surface area contributed by atoms with Crippen LogP contribution in [0.1, 0.15) is 65.2 Å². The summed E-state index contributed by atoms with van der Waals surface area (Å²) in [7, 11) is 0. The van der Waals surface area contributed by atoms with Gasteiger partial charge in [-0.1, -0.05) is 52.4 Å². The van der Waals surface area contributed by atoms with E-state index < -0.39 is 0 Å². The van der Waals surface area contributed by atoms with Crippen LogP contribution in [0.25, 0.3) is 0 Å². The summed E-state index contributed by atoms with van der Waals surface area (Å²) in [6.07, 6.45) is 9.82. The Morgan fingerprint density at radius 3 is 2.15 bits per heavy atom. The van der Waals surface area contributed by atoms with E-state index in [-0.39, 0.29) is 0 Å². The maximum Gasteiger partial charge on any atom is 0.130 e. The molecule has 0 aliphatic rings. The van der Waals surface area contributed by atoms with Gasteiger partial charge in [-0.3, -0.25) is 0 Å². The van der Waals surface area contributed by atoms with Gasteiger partial charge in [0, 0.05) is 12.1 Å². The second-order valence-corrected chi connectivity index (χ2v) is 5.21. The number of hydrogen-bond donors (Lipinski definition) is 0. The lowest BCUT2D eigenvalue weighted by Crippen LogP contribution is -2.00. The van der Waals surface area contributed by atoms with E-state index in [9.17, 15) is 0 Å². The van der Waals surface area contributed by atoms with Crippen molar-refractivity contribution in [2.45, 2.75) is 65.2 Å². The average Bonchev–Trinajstić information content (AvgIpc) is 2.47. The highest BCUT2D eigenvalue weighted by Crippen LogP contribution is 2.19. The Hall–Kier alpha value is -1.18. The fourth-order valence-electron chi connectivity index (χ4n) is 2.03. The van der Waals surface area contributed by atoms with Gasteiger partial charge >= 0.3 is 0 Å². The Labute approximate surface area is 124 Å². The quantitative estimate of drug-likeness (QED) is 0.476. The lowest BCUT2D eigenvalue weighted by atomic mass is 10.2. The zero-order chi connectivity index (χ0) is 14.5. The predicted octanol–water partition coefficient (Wildman–Crippen LogP) is 5.40. The minimum Gasteiger partial charge on any atom is -0.493 e. The van der Waals surface area contributed by atoms with E-state index in [4.69, 9.17) is 9.47 Å². The van der Waals surface area contributed by atoms with E-state index in [0.29, 0.717) is 0 Å². The molecule has 0 bridgehead atoms. The molecule has 0 aliphatic heterocycles. The molecule has 20 heavy (non-hydrogen) atoms. The van der Waals surface area contributed by atoms with Gasteiger partial charge in [-0.15, -0.1) is 0 Å². The molecule has 0 atom stereocenters. The second-order valence-electron chi connectivity index (χ2n) is 5.21. The average molecular weight is 277 g/mol. The van der Waals surface area contributed by atoms with Crippen molar-refractivity contribution < 1.29 is 9.47 Å². The molecule has 0 N–H and O–H groups in total. The normalized spacial score (nSPS) is 10.5. The fourth-order valence-corrected chi connectivity index (χ4v) is 2.03. The van der Waals surface area contributed by atoms with Crippen molar-refractivity contribution >= 4 is 0 Å². The van der Waals surface area contributed by atoms with E-state index in [1.165, 1.54) is 38.5 Å². The molecule has 0 aliphatic carbocycles. The Morgan fingerprint density at radius 1 is 0.850 bits per heavy atom. The second kappa shape index (κ2) is 11.6. The van der Waals surface area contributed by atoms with E-state index in [0.717, 1.165) is 37.6 Å². The zero-order valence-electron chi connectivity index (χ0n) is 13.1. The topological polar surface area (TPSA) is 18.5 Å². The molecule has 2 nitrogen and oxygen atoms in total. The van der Waals surface area contributed by atoms with Crippen LogP contribution in [-0.2, 0) is 0 Å². The standard InChI is InChI=1S/C18H29O2/c1-3-5-7-9-14-19-17-12-11-13-18(16-17)20-15-10-8-6-4-2/h11-12,16H,3-10,14-15H2,1-2H3. The van der Waals surface area contributed by atoms with E-state index in [1.807, 2.05) is 18.2 Å². The SMILES string of the molecule is CCCCCCOc1[c]ccc(OCCCCCC)c1. The van der Waals surface area contributed by atoms with Crippen molar-refractivity contribution in [3.63, 3.8) is 0 Å². The molecule has 2 heteroatoms. The molecule has 1 radical (unpaired) electrons. The molecule has 0 unspecified atom stereocenters. The van der Waals surface area contributed by atoms with Crippen LogP contribution in [0.15, 0.2) is 18.2 Å². The molecule has 0 heterocycles. The largest absolute Gasteiger partial charge is 0.493 e. The number of hydrogen-bond acceptors (Lipinski definition) is 2. The number of rotatable bonds is 12. The van der Waals surface area contributed by atoms with E-state index in [1.54, 1.807) is 0 Å². The summed E-state index contributed by atoms with van der Waals surface area (Å²) in [5, 5.41) is 0. The van der Waals surface area contributed by atoms with E-state index in [2.05, 4.69) is 19.9 Å². The molecule has 0 amide bonds. The van der Waals surface area contributed by atoms with Crippen LogP contribution in [0.3, 0.4) is 0 Å². The summed E-state index contributed by atoms with van der Waals surface area (Å²) in [4.78, 5) is 0. The van der Waals surface area contributed by atoms with Gasteiger partial charge in [0.15, 0.2) is 0 Å². The first-order valence-corrected chi connectivity index (χ1v) is 8.14. The predicted molar refractivity (Wildman–Crippen MR) is 84.6 cm³/mol. The van der Waals surface area contributed by atoms with Gasteiger partial charge in [0.1, 0.15) is 11.5 Å². The molecule has 1 aromatic rings. The molecule has 0 saturated heterocycles. The summed E-state index contributed by atoms with van der Waals surface area (Å²) in [6.45, 7) is 6.00. The number of unbranched alkanes of at least 4 members (excludes halogenated alkanes) is 6. The Balaban J connectivity index is 2.19. The minimum absolute atomic E-state index is 0.774. The van der Waals surface area contributed by atoms with E-state index >= 15 is 0 Å². The van der Waals surface area contributed by atoms with Gasteiger partial charge in [-0.2, -0.15) is 0 Å². The highest BCUT2D eigenvalue weighted by Gasteiger charge is 1.99. The first kappa shape index (κ1) is 16.9. The zero-order valence-corrected chi connectivity index (χ0v) is 13.1. The summed E-state index contributed by atoms with van der Waals surface area (Å²) < 4.78 is 11.4. The first-order valence-electron chi connectivity index (χ1n) is 8.14.